The Bertz CT molecular complexity index is 2500. The number of carbonyl (C=O) groups is 3. The second kappa shape index (κ2) is 18.0. The Kier molecular flexibility index (Phi) is 12.2. The van der Waals surface area contributed by atoms with Crippen molar-refractivity contribution >= 4 is 63.9 Å². The van der Waals surface area contributed by atoms with Crippen molar-refractivity contribution in [2.24, 2.45) is 0 Å². The Hall–Kier alpha value is -5.77. The molecule has 0 atom stereocenters. The van der Waals surface area contributed by atoms with Gasteiger partial charge in [0, 0.05) is 87.7 Å². The van der Waals surface area contributed by atoms with Crippen LogP contribution >= 0.6 is 23.2 Å². The van der Waals surface area contributed by atoms with Crippen LogP contribution in [0.4, 0.5) is 11.6 Å². The number of amides is 3. The molecule has 1 aliphatic heterocycles. The number of nitrogens with zero attached hydrogens (tertiary/aromatic N) is 7. The fourth-order valence-corrected chi connectivity index (χ4v) is 7.44. The molecular weight excluding hydrogens is 793 g/mol. The van der Waals surface area contributed by atoms with Crippen molar-refractivity contribution < 1.29 is 19.1 Å². The number of carbonyl (C=O) groups excluding carboxylic acids is 3. The molecule has 2 saturated carbocycles. The van der Waals surface area contributed by atoms with E-state index in [0.717, 1.165) is 79.8 Å². The Balaban J connectivity index is 0.000000167. The lowest BCUT2D eigenvalue weighted by molar-refractivity contribution is -0.127. The third kappa shape index (κ3) is 9.43. The van der Waals surface area contributed by atoms with Crippen molar-refractivity contribution in [1.82, 2.24) is 44.3 Å². The zero-order valence-electron chi connectivity index (χ0n) is 32.6. The fraction of sp³-hybridized carbons (Fsp3) is 0.357. The van der Waals surface area contributed by atoms with E-state index in [1.54, 1.807) is 56.2 Å². The maximum absolute atomic E-state index is 12.3. The molecule has 5 heterocycles. The molecule has 3 fully saturated rings. The summed E-state index contributed by atoms with van der Waals surface area (Å²) in [6.45, 7) is 3.54. The third-order valence-electron chi connectivity index (χ3n) is 10.4. The van der Waals surface area contributed by atoms with Gasteiger partial charge in [-0.25, -0.2) is 19.9 Å². The van der Waals surface area contributed by atoms with E-state index in [9.17, 15) is 14.4 Å². The quantitative estimate of drug-likeness (QED) is 0.0853. The number of hydrogen-bond donors (Lipinski definition) is 4. The van der Waals surface area contributed by atoms with Crippen LogP contribution in [0.3, 0.4) is 0 Å². The van der Waals surface area contributed by atoms with Gasteiger partial charge in [0.05, 0.1) is 51.6 Å². The van der Waals surface area contributed by atoms with Gasteiger partial charge in [0.15, 0.2) is 22.9 Å². The van der Waals surface area contributed by atoms with E-state index < -0.39 is 0 Å². The van der Waals surface area contributed by atoms with Crippen molar-refractivity contribution in [2.45, 2.75) is 57.0 Å². The van der Waals surface area contributed by atoms with Gasteiger partial charge in [0.2, 0.25) is 5.91 Å². The number of hydrogen-bond acceptors (Lipinski definition) is 10. The van der Waals surface area contributed by atoms with Crippen LogP contribution in [0.5, 0.6) is 0 Å². The highest BCUT2D eigenvalue weighted by molar-refractivity contribution is 6.34. The van der Waals surface area contributed by atoms with Crippen molar-refractivity contribution in [3.05, 3.63) is 94.8 Å². The van der Waals surface area contributed by atoms with Crippen LogP contribution in [0.25, 0.3) is 33.8 Å². The van der Waals surface area contributed by atoms with Gasteiger partial charge in [0.25, 0.3) is 11.8 Å². The van der Waals surface area contributed by atoms with Gasteiger partial charge < -0.3 is 30.9 Å². The smallest absolute Gasteiger partial charge is 0.253 e. The first-order valence-electron chi connectivity index (χ1n) is 19.9. The van der Waals surface area contributed by atoms with Crippen LogP contribution in [0, 0.1) is 0 Å². The van der Waals surface area contributed by atoms with Crippen LogP contribution in [0.2, 0.25) is 10.0 Å². The second-order valence-electron chi connectivity index (χ2n) is 14.8. The fourth-order valence-electron chi connectivity index (χ4n) is 6.90. The maximum atomic E-state index is 12.3. The van der Waals surface area contributed by atoms with Crippen LogP contribution < -0.4 is 21.3 Å². The Morgan fingerprint density at radius 1 is 0.763 bits per heavy atom. The van der Waals surface area contributed by atoms with E-state index in [-0.39, 0.29) is 23.8 Å². The first kappa shape index (κ1) is 40.0. The normalized spacial score (nSPS) is 15.0. The van der Waals surface area contributed by atoms with E-state index in [2.05, 4.69) is 41.2 Å². The molecular formula is C42H45Cl2N11O4. The van der Waals surface area contributed by atoms with Crippen LogP contribution in [-0.2, 0) is 9.53 Å². The number of benzene rings is 2. The summed E-state index contributed by atoms with van der Waals surface area (Å²) in [6, 6.07) is 11.5. The zero-order chi connectivity index (χ0) is 40.9. The molecule has 2 aliphatic carbocycles. The minimum atomic E-state index is -0.131. The van der Waals surface area contributed by atoms with Crippen LogP contribution in [0.1, 0.15) is 65.7 Å². The molecule has 0 radical (unpaired) electrons. The van der Waals surface area contributed by atoms with Gasteiger partial charge in [-0.15, -0.1) is 0 Å². The average molecular weight is 839 g/mol. The number of methoxy groups -OCH3 is 1. The Morgan fingerprint density at radius 2 is 1.29 bits per heavy atom. The molecule has 1 saturated heterocycles. The van der Waals surface area contributed by atoms with E-state index in [0.29, 0.717) is 70.6 Å². The van der Waals surface area contributed by atoms with Gasteiger partial charge >= 0.3 is 0 Å². The number of anilines is 2. The lowest BCUT2D eigenvalue weighted by Crippen LogP contribution is -2.27. The molecule has 306 valence electrons. The number of halogens is 2. The molecule has 4 N–H and O–H groups in total. The second-order valence-corrected chi connectivity index (χ2v) is 15.6. The summed E-state index contributed by atoms with van der Waals surface area (Å²) in [5.41, 5.74) is 5.89. The molecule has 3 amide bonds. The molecule has 0 unspecified atom stereocenters. The number of fused-ring (bicyclic) bond motifs is 2. The molecule has 15 nitrogen and oxygen atoms in total. The first-order chi connectivity index (χ1) is 28.8. The maximum Gasteiger partial charge on any atom is 0.253 e. The summed E-state index contributed by atoms with van der Waals surface area (Å²) in [5, 5.41) is 13.3. The molecule has 4 aromatic heterocycles. The predicted molar refractivity (Wildman–Crippen MR) is 227 cm³/mol. The van der Waals surface area contributed by atoms with Crippen molar-refractivity contribution in [3.63, 3.8) is 0 Å². The molecule has 6 aromatic rings. The monoisotopic (exact) mass is 837 g/mol. The topological polar surface area (TPSA) is 172 Å². The highest BCUT2D eigenvalue weighted by Crippen LogP contribution is 2.30. The molecule has 9 rings (SSSR count). The van der Waals surface area contributed by atoms with Crippen LogP contribution in [-0.4, -0.2) is 103 Å². The van der Waals surface area contributed by atoms with Crippen molar-refractivity contribution in [3.8, 4) is 22.5 Å². The van der Waals surface area contributed by atoms with E-state index in [1.807, 2.05) is 38.2 Å². The van der Waals surface area contributed by atoms with Gasteiger partial charge in [0.1, 0.15) is 0 Å². The molecule has 2 aromatic carbocycles. The highest BCUT2D eigenvalue weighted by atomic mass is 35.5. The summed E-state index contributed by atoms with van der Waals surface area (Å²) < 4.78 is 8.95. The van der Waals surface area contributed by atoms with Crippen molar-refractivity contribution in [1.29, 1.82) is 0 Å². The summed E-state index contributed by atoms with van der Waals surface area (Å²) >= 11 is 12.8. The van der Waals surface area contributed by atoms with E-state index >= 15 is 0 Å². The van der Waals surface area contributed by atoms with Gasteiger partial charge in [-0.2, -0.15) is 0 Å². The summed E-state index contributed by atoms with van der Waals surface area (Å²) in [4.78, 5) is 56.1. The number of likely N-dealkylation sites (tertiary alicyclic amines) is 1. The Labute approximate surface area is 350 Å². The van der Waals surface area contributed by atoms with Crippen molar-refractivity contribution in [2.75, 3.05) is 50.5 Å². The average Bonchev–Trinajstić information content (AvgIpc) is 4.09. The number of aromatic nitrogens is 6. The minimum Gasteiger partial charge on any atom is -0.383 e. The zero-order valence-corrected chi connectivity index (χ0v) is 34.1. The summed E-state index contributed by atoms with van der Waals surface area (Å²) in [5.74, 6) is 1.37. The standard InChI is InChI=1S/C23H25ClN6O2.C19H20ClN5O2/c24-18-13-15(4-7-17(18)23(32)28-16-5-6-16)19-14-27-22-21(26-9-12-30(19)22)25-8-2-11-29-10-1-3-20(29)31;1-27-9-7-22-17-18-23-11-16(25(18)8-6-21-17)12-2-5-14(15(20)10-12)19(26)24-13-3-4-13/h4,7,9,12-14,16H,1-3,5-6,8,10-11H2,(H,25,26)(H,28,32);2,5-6,8,10-11,13H,3-4,7,9H2,1H3,(H,21,22)(H,24,26). The van der Waals surface area contributed by atoms with Crippen LogP contribution in [0.15, 0.2) is 73.6 Å². The lowest BCUT2D eigenvalue weighted by atomic mass is 10.1. The van der Waals surface area contributed by atoms with Gasteiger partial charge in [-0.1, -0.05) is 35.3 Å². The van der Waals surface area contributed by atoms with Gasteiger partial charge in [-0.3, -0.25) is 23.2 Å². The molecule has 59 heavy (non-hydrogen) atoms. The SMILES string of the molecule is COCCNc1nccn2c(-c3ccc(C(=O)NC4CC4)c(Cl)c3)cnc12.O=C(NC1CC1)c1ccc(-c2cnc3c(NCCCN4CCCC4=O)nccn23)cc1Cl. The van der Waals surface area contributed by atoms with Gasteiger partial charge in [-0.05, 0) is 62.8 Å². The third-order valence-corrected chi connectivity index (χ3v) is 11.0. The first-order valence-corrected chi connectivity index (χ1v) is 20.6. The molecule has 0 spiro atoms. The molecule has 17 heteroatoms. The largest absolute Gasteiger partial charge is 0.383 e. The Morgan fingerprint density at radius 3 is 1.75 bits per heavy atom. The number of ether oxygens (including phenoxy) is 1. The molecule has 3 aliphatic rings. The lowest BCUT2D eigenvalue weighted by Gasteiger charge is -2.15. The minimum absolute atomic E-state index is 0.124. The van der Waals surface area contributed by atoms with E-state index in [4.69, 9.17) is 27.9 Å². The predicted octanol–water partition coefficient (Wildman–Crippen LogP) is 6.37. The number of imidazole rings is 2. The number of rotatable bonds is 15. The highest BCUT2D eigenvalue weighted by Gasteiger charge is 2.26. The molecule has 0 bridgehead atoms. The summed E-state index contributed by atoms with van der Waals surface area (Å²) in [7, 11) is 1.65. The van der Waals surface area contributed by atoms with E-state index in [1.165, 1.54) is 0 Å². The number of nitrogens with one attached hydrogen (secondary N) is 4. The summed E-state index contributed by atoms with van der Waals surface area (Å²) in [6.07, 6.45) is 17.3.